The van der Waals surface area contributed by atoms with Crippen molar-refractivity contribution in [3.8, 4) is 5.88 Å². The molecule has 1 aliphatic heterocycles. The molecule has 1 fully saturated rings. The first-order valence-corrected chi connectivity index (χ1v) is 7.71. The molecule has 0 amide bonds. The largest absolute Gasteiger partial charge is 0.481 e. The van der Waals surface area contributed by atoms with Crippen LogP contribution in [-0.4, -0.2) is 40.4 Å². The Labute approximate surface area is 123 Å². The molecule has 1 aliphatic rings. The van der Waals surface area contributed by atoms with Crippen LogP contribution in [-0.2, 0) is 0 Å². The summed E-state index contributed by atoms with van der Waals surface area (Å²) in [5.41, 5.74) is 1.48. The van der Waals surface area contributed by atoms with Gasteiger partial charge in [-0.05, 0) is 39.5 Å². The van der Waals surface area contributed by atoms with Crippen molar-refractivity contribution < 1.29 is 4.74 Å². The second-order valence-electron chi connectivity index (χ2n) is 7.10. The Morgan fingerprint density at radius 3 is 2.30 bits per heavy atom. The van der Waals surface area contributed by atoms with Gasteiger partial charge < -0.3 is 4.74 Å². The SMILES string of the molecule is COc1c(C(C)C)cnn1C1CCN(C(C)(C)C)CC1. The molecule has 0 bridgehead atoms. The van der Waals surface area contributed by atoms with Gasteiger partial charge in [0, 0.05) is 24.2 Å². The molecule has 4 heteroatoms. The zero-order valence-corrected chi connectivity index (χ0v) is 13.8. The van der Waals surface area contributed by atoms with Crippen LogP contribution in [0.5, 0.6) is 5.88 Å². The van der Waals surface area contributed by atoms with Crippen molar-refractivity contribution in [3.63, 3.8) is 0 Å². The quantitative estimate of drug-likeness (QED) is 0.849. The molecule has 0 saturated carbocycles. The maximum Gasteiger partial charge on any atom is 0.215 e. The van der Waals surface area contributed by atoms with Gasteiger partial charge in [-0.25, -0.2) is 4.68 Å². The minimum absolute atomic E-state index is 0.266. The standard InChI is InChI=1S/C16H29N3O/c1-12(2)14-11-17-19(15(14)20-6)13-7-9-18(10-8-13)16(3,4)5/h11-13H,7-10H2,1-6H3. The number of rotatable bonds is 3. The number of piperidine rings is 1. The topological polar surface area (TPSA) is 30.3 Å². The lowest BCUT2D eigenvalue weighted by Crippen LogP contribution is -2.46. The summed E-state index contributed by atoms with van der Waals surface area (Å²) in [7, 11) is 1.75. The highest BCUT2D eigenvalue weighted by atomic mass is 16.5. The number of likely N-dealkylation sites (tertiary alicyclic amines) is 1. The van der Waals surface area contributed by atoms with Crippen LogP contribution in [0.25, 0.3) is 0 Å². The van der Waals surface area contributed by atoms with E-state index in [2.05, 4.69) is 49.3 Å². The Bertz CT molecular complexity index is 437. The number of nitrogens with zero attached hydrogens (tertiary/aromatic N) is 3. The van der Waals surface area contributed by atoms with E-state index in [1.807, 2.05) is 6.20 Å². The number of aromatic nitrogens is 2. The zero-order chi connectivity index (χ0) is 14.9. The molecular formula is C16H29N3O. The first kappa shape index (κ1) is 15.4. The predicted octanol–water partition coefficient (Wildman–Crippen LogP) is 3.45. The predicted molar refractivity (Wildman–Crippen MR) is 82.5 cm³/mol. The third-order valence-corrected chi connectivity index (χ3v) is 4.35. The first-order valence-electron chi connectivity index (χ1n) is 7.71. The van der Waals surface area contributed by atoms with Gasteiger partial charge in [-0.1, -0.05) is 13.8 Å². The molecular weight excluding hydrogens is 250 g/mol. The van der Waals surface area contributed by atoms with Gasteiger partial charge in [-0.2, -0.15) is 5.10 Å². The van der Waals surface area contributed by atoms with Crippen LogP contribution in [0.4, 0.5) is 0 Å². The second kappa shape index (κ2) is 5.76. The lowest BCUT2D eigenvalue weighted by molar-refractivity contribution is 0.0847. The monoisotopic (exact) mass is 279 g/mol. The third-order valence-electron chi connectivity index (χ3n) is 4.35. The Hall–Kier alpha value is -1.03. The van der Waals surface area contributed by atoms with Gasteiger partial charge in [0.25, 0.3) is 0 Å². The maximum atomic E-state index is 5.61. The van der Waals surface area contributed by atoms with Crippen LogP contribution < -0.4 is 4.74 Å². The van der Waals surface area contributed by atoms with Crippen LogP contribution >= 0.6 is 0 Å². The van der Waals surface area contributed by atoms with Crippen molar-refractivity contribution in [1.82, 2.24) is 14.7 Å². The molecule has 0 unspecified atom stereocenters. The summed E-state index contributed by atoms with van der Waals surface area (Å²) in [6.45, 7) is 13.5. The molecule has 1 aromatic rings. The number of ether oxygens (including phenoxy) is 1. The van der Waals surface area contributed by atoms with Crippen molar-refractivity contribution in [3.05, 3.63) is 11.8 Å². The van der Waals surface area contributed by atoms with E-state index in [0.717, 1.165) is 31.8 Å². The van der Waals surface area contributed by atoms with Crippen LogP contribution in [0, 0.1) is 0 Å². The Kier molecular flexibility index (Phi) is 4.43. The summed E-state index contributed by atoms with van der Waals surface area (Å²) in [5.74, 6) is 1.41. The molecule has 0 N–H and O–H groups in total. The van der Waals surface area contributed by atoms with Gasteiger partial charge in [-0.3, -0.25) is 4.90 Å². The molecule has 1 saturated heterocycles. The average Bonchev–Trinajstić information content (AvgIpc) is 2.81. The molecule has 1 aromatic heterocycles. The zero-order valence-electron chi connectivity index (χ0n) is 13.8. The highest BCUT2D eigenvalue weighted by Crippen LogP contribution is 2.33. The van der Waals surface area contributed by atoms with E-state index < -0.39 is 0 Å². The van der Waals surface area contributed by atoms with Gasteiger partial charge in [-0.15, -0.1) is 0 Å². The van der Waals surface area contributed by atoms with E-state index in [-0.39, 0.29) is 5.54 Å². The van der Waals surface area contributed by atoms with Gasteiger partial charge >= 0.3 is 0 Å². The molecule has 2 rings (SSSR count). The third kappa shape index (κ3) is 3.00. The lowest BCUT2D eigenvalue weighted by atomic mass is 9.98. The highest BCUT2D eigenvalue weighted by Gasteiger charge is 2.29. The van der Waals surface area contributed by atoms with E-state index in [9.17, 15) is 0 Å². The summed E-state index contributed by atoms with van der Waals surface area (Å²) in [6, 6.07) is 0.469. The number of methoxy groups -OCH3 is 1. The van der Waals surface area contributed by atoms with E-state index in [1.165, 1.54) is 5.56 Å². The normalized spacial score (nSPS) is 18.8. The minimum Gasteiger partial charge on any atom is -0.481 e. The van der Waals surface area contributed by atoms with E-state index >= 15 is 0 Å². The average molecular weight is 279 g/mol. The van der Waals surface area contributed by atoms with E-state index in [1.54, 1.807) is 7.11 Å². The van der Waals surface area contributed by atoms with Gasteiger partial charge in [0.1, 0.15) is 0 Å². The smallest absolute Gasteiger partial charge is 0.215 e. The summed E-state index contributed by atoms with van der Waals surface area (Å²) < 4.78 is 7.72. The van der Waals surface area contributed by atoms with Crippen molar-refractivity contribution in [2.24, 2.45) is 0 Å². The van der Waals surface area contributed by atoms with Crippen molar-refractivity contribution in [2.45, 2.75) is 65.0 Å². The van der Waals surface area contributed by atoms with Crippen molar-refractivity contribution in [2.75, 3.05) is 20.2 Å². The van der Waals surface area contributed by atoms with Crippen LogP contribution in [0.1, 0.15) is 65.0 Å². The summed E-state index contributed by atoms with van der Waals surface area (Å²) in [5, 5.41) is 4.59. The first-order chi connectivity index (χ1) is 9.34. The lowest BCUT2D eigenvalue weighted by Gasteiger charge is -2.41. The van der Waals surface area contributed by atoms with Crippen molar-refractivity contribution in [1.29, 1.82) is 0 Å². The molecule has 0 atom stereocenters. The fourth-order valence-electron chi connectivity index (χ4n) is 3.01. The fraction of sp³-hybridized carbons (Fsp3) is 0.812. The molecule has 114 valence electrons. The highest BCUT2D eigenvalue weighted by molar-refractivity contribution is 5.28. The van der Waals surface area contributed by atoms with E-state index in [4.69, 9.17) is 4.74 Å². The number of hydrogen-bond acceptors (Lipinski definition) is 3. The number of hydrogen-bond donors (Lipinski definition) is 0. The molecule has 0 aliphatic carbocycles. The molecule has 0 radical (unpaired) electrons. The van der Waals surface area contributed by atoms with Gasteiger partial charge in [0.05, 0.1) is 19.3 Å². The second-order valence-corrected chi connectivity index (χ2v) is 7.10. The Morgan fingerprint density at radius 1 is 1.25 bits per heavy atom. The van der Waals surface area contributed by atoms with Crippen LogP contribution in [0.3, 0.4) is 0 Å². The van der Waals surface area contributed by atoms with Gasteiger partial charge in [0.2, 0.25) is 5.88 Å². The maximum absolute atomic E-state index is 5.61. The molecule has 0 aromatic carbocycles. The Morgan fingerprint density at radius 2 is 1.85 bits per heavy atom. The molecule has 20 heavy (non-hydrogen) atoms. The molecule has 4 nitrogen and oxygen atoms in total. The van der Waals surface area contributed by atoms with E-state index in [0.29, 0.717) is 12.0 Å². The summed E-state index contributed by atoms with van der Waals surface area (Å²) in [6.07, 6.45) is 4.26. The minimum atomic E-state index is 0.266. The van der Waals surface area contributed by atoms with Crippen LogP contribution in [0.15, 0.2) is 6.20 Å². The fourth-order valence-corrected chi connectivity index (χ4v) is 3.01. The van der Waals surface area contributed by atoms with Crippen molar-refractivity contribution >= 4 is 0 Å². The molecule has 2 heterocycles. The molecule has 0 spiro atoms. The van der Waals surface area contributed by atoms with Gasteiger partial charge in [0.15, 0.2) is 0 Å². The Balaban J connectivity index is 2.11. The summed E-state index contributed by atoms with van der Waals surface area (Å²) in [4.78, 5) is 2.56. The van der Waals surface area contributed by atoms with Crippen LogP contribution in [0.2, 0.25) is 0 Å². The summed E-state index contributed by atoms with van der Waals surface area (Å²) >= 11 is 0.